The second-order valence-electron chi connectivity index (χ2n) is 2.82. The Morgan fingerprint density at radius 2 is 1.83 bits per heavy atom. The lowest BCUT2D eigenvalue weighted by Gasteiger charge is -2.15. The third-order valence-corrected chi connectivity index (χ3v) is 2.62. The summed E-state index contributed by atoms with van der Waals surface area (Å²) in [6.45, 7) is 0. The van der Waals surface area contributed by atoms with Gasteiger partial charge >= 0.3 is 0 Å². The van der Waals surface area contributed by atoms with Crippen molar-refractivity contribution in [2.24, 2.45) is 0 Å². The zero-order valence-electron chi connectivity index (χ0n) is 7.57. The van der Waals surface area contributed by atoms with E-state index < -0.39 is 10.8 Å². The molecule has 0 N–H and O–H groups in total. The molecule has 0 aliphatic carbocycles. The minimum Gasteiger partial charge on any atom is -0.377 e. The highest BCUT2D eigenvalue weighted by Gasteiger charge is 2.05. The van der Waals surface area contributed by atoms with Crippen LogP contribution in [-0.4, -0.2) is 24.6 Å². The Balaban J connectivity index is 3.17. The van der Waals surface area contributed by atoms with E-state index >= 15 is 0 Å². The molecule has 0 aromatic heterocycles. The van der Waals surface area contributed by atoms with E-state index in [9.17, 15) is 4.21 Å². The second kappa shape index (κ2) is 3.72. The van der Waals surface area contributed by atoms with Crippen LogP contribution in [0, 0.1) is 0 Å². The first kappa shape index (κ1) is 9.26. The number of nitrogens with zero attached hydrogens (tertiary/aromatic N) is 1. The SMILES string of the molecule is CN(C)c1ccccc1S(C)=O. The number of hydrogen-bond acceptors (Lipinski definition) is 2. The topological polar surface area (TPSA) is 20.3 Å². The summed E-state index contributed by atoms with van der Waals surface area (Å²) >= 11 is 0. The van der Waals surface area contributed by atoms with Gasteiger partial charge in [-0.3, -0.25) is 4.21 Å². The van der Waals surface area contributed by atoms with E-state index in [-0.39, 0.29) is 0 Å². The predicted octanol–water partition coefficient (Wildman–Crippen LogP) is 1.49. The summed E-state index contributed by atoms with van der Waals surface area (Å²) in [5.74, 6) is 0. The highest BCUT2D eigenvalue weighted by molar-refractivity contribution is 7.84. The molecule has 0 bridgehead atoms. The van der Waals surface area contributed by atoms with E-state index in [1.54, 1.807) is 6.26 Å². The number of rotatable bonds is 2. The van der Waals surface area contributed by atoms with Gasteiger partial charge in [0.25, 0.3) is 0 Å². The quantitative estimate of drug-likeness (QED) is 0.692. The van der Waals surface area contributed by atoms with Crippen LogP contribution >= 0.6 is 0 Å². The Labute approximate surface area is 75.7 Å². The first-order chi connectivity index (χ1) is 5.63. The standard InChI is InChI=1S/C9H13NOS/c1-10(2)8-6-4-5-7-9(8)12(3)11/h4-7H,1-3H3. The summed E-state index contributed by atoms with van der Waals surface area (Å²) in [6, 6.07) is 7.72. The molecular formula is C9H13NOS. The molecule has 1 rings (SSSR count). The second-order valence-corrected chi connectivity index (χ2v) is 4.16. The molecule has 0 spiro atoms. The first-order valence-corrected chi connectivity index (χ1v) is 5.28. The minimum atomic E-state index is -0.903. The number of benzene rings is 1. The Hall–Kier alpha value is -0.830. The van der Waals surface area contributed by atoms with E-state index in [0.29, 0.717) is 0 Å². The molecule has 1 unspecified atom stereocenters. The van der Waals surface area contributed by atoms with Crippen LogP contribution in [-0.2, 0) is 10.8 Å². The Morgan fingerprint density at radius 1 is 1.25 bits per heavy atom. The summed E-state index contributed by atoms with van der Waals surface area (Å²) in [5, 5.41) is 0. The Morgan fingerprint density at radius 3 is 2.25 bits per heavy atom. The third-order valence-electron chi connectivity index (χ3n) is 1.66. The molecule has 1 aromatic carbocycles. The summed E-state index contributed by atoms with van der Waals surface area (Å²) in [6.07, 6.45) is 1.70. The fourth-order valence-electron chi connectivity index (χ4n) is 1.07. The molecule has 0 amide bonds. The highest BCUT2D eigenvalue weighted by Crippen LogP contribution is 2.20. The van der Waals surface area contributed by atoms with Gasteiger partial charge in [0.2, 0.25) is 0 Å². The lowest BCUT2D eigenvalue weighted by atomic mass is 10.3. The van der Waals surface area contributed by atoms with Crippen molar-refractivity contribution in [2.45, 2.75) is 4.90 Å². The summed E-state index contributed by atoms with van der Waals surface area (Å²) in [4.78, 5) is 2.86. The number of para-hydroxylation sites is 1. The molecule has 12 heavy (non-hydrogen) atoms. The molecule has 0 aliphatic rings. The van der Waals surface area contributed by atoms with Gasteiger partial charge in [-0.05, 0) is 12.1 Å². The molecule has 2 nitrogen and oxygen atoms in total. The summed E-state index contributed by atoms with van der Waals surface area (Å²) in [7, 11) is 3.00. The van der Waals surface area contributed by atoms with Crippen LogP contribution in [0.1, 0.15) is 0 Å². The molecule has 66 valence electrons. The maximum Gasteiger partial charge on any atom is 0.0618 e. The molecule has 0 aliphatic heterocycles. The molecule has 1 aromatic rings. The van der Waals surface area contributed by atoms with Crippen molar-refractivity contribution < 1.29 is 4.21 Å². The average Bonchev–Trinajstić information content (AvgIpc) is 2.04. The van der Waals surface area contributed by atoms with Gasteiger partial charge in [-0.2, -0.15) is 0 Å². The van der Waals surface area contributed by atoms with Gasteiger partial charge in [-0.15, -0.1) is 0 Å². The van der Waals surface area contributed by atoms with Gasteiger partial charge in [0.1, 0.15) is 0 Å². The Bertz CT molecular complexity index is 296. The van der Waals surface area contributed by atoms with Crippen LogP contribution in [0.25, 0.3) is 0 Å². The zero-order chi connectivity index (χ0) is 9.14. The van der Waals surface area contributed by atoms with Crippen molar-refractivity contribution in [2.75, 3.05) is 25.3 Å². The summed E-state index contributed by atoms with van der Waals surface area (Å²) in [5.41, 5.74) is 1.03. The molecular weight excluding hydrogens is 170 g/mol. The van der Waals surface area contributed by atoms with Gasteiger partial charge in [0.05, 0.1) is 21.4 Å². The van der Waals surface area contributed by atoms with Crippen LogP contribution in [0.5, 0.6) is 0 Å². The van der Waals surface area contributed by atoms with E-state index in [1.165, 1.54) is 0 Å². The number of hydrogen-bond donors (Lipinski definition) is 0. The Kier molecular flexibility index (Phi) is 2.87. The van der Waals surface area contributed by atoms with Crippen molar-refractivity contribution in [3.05, 3.63) is 24.3 Å². The van der Waals surface area contributed by atoms with Gasteiger partial charge in [-0.1, -0.05) is 12.1 Å². The van der Waals surface area contributed by atoms with Crippen LogP contribution in [0.2, 0.25) is 0 Å². The van der Waals surface area contributed by atoms with Crippen molar-refractivity contribution in [1.82, 2.24) is 0 Å². The van der Waals surface area contributed by atoms with Crippen LogP contribution in [0.4, 0.5) is 5.69 Å². The largest absolute Gasteiger partial charge is 0.377 e. The molecule has 0 saturated carbocycles. The molecule has 0 saturated heterocycles. The number of anilines is 1. The smallest absolute Gasteiger partial charge is 0.0618 e. The van der Waals surface area contributed by atoms with Crippen LogP contribution in [0.3, 0.4) is 0 Å². The van der Waals surface area contributed by atoms with E-state index in [4.69, 9.17) is 0 Å². The van der Waals surface area contributed by atoms with Gasteiger partial charge in [0, 0.05) is 20.4 Å². The fourth-order valence-corrected chi connectivity index (χ4v) is 1.89. The third kappa shape index (κ3) is 1.85. The highest BCUT2D eigenvalue weighted by atomic mass is 32.2. The van der Waals surface area contributed by atoms with Crippen molar-refractivity contribution in [3.8, 4) is 0 Å². The van der Waals surface area contributed by atoms with Gasteiger partial charge < -0.3 is 4.90 Å². The fraction of sp³-hybridized carbons (Fsp3) is 0.333. The monoisotopic (exact) mass is 183 g/mol. The lowest BCUT2D eigenvalue weighted by molar-refractivity contribution is 0.686. The first-order valence-electron chi connectivity index (χ1n) is 3.72. The molecule has 0 fully saturated rings. The van der Waals surface area contributed by atoms with Crippen LogP contribution < -0.4 is 4.90 Å². The van der Waals surface area contributed by atoms with E-state index in [2.05, 4.69) is 0 Å². The van der Waals surface area contributed by atoms with E-state index in [0.717, 1.165) is 10.6 Å². The predicted molar refractivity (Wildman–Crippen MR) is 53.1 cm³/mol. The van der Waals surface area contributed by atoms with Gasteiger partial charge in [-0.25, -0.2) is 0 Å². The summed E-state index contributed by atoms with van der Waals surface area (Å²) < 4.78 is 11.3. The maximum absolute atomic E-state index is 11.3. The normalized spacial score (nSPS) is 12.6. The van der Waals surface area contributed by atoms with Crippen molar-refractivity contribution in [3.63, 3.8) is 0 Å². The van der Waals surface area contributed by atoms with Crippen molar-refractivity contribution in [1.29, 1.82) is 0 Å². The molecule has 0 radical (unpaired) electrons. The van der Waals surface area contributed by atoms with Crippen LogP contribution in [0.15, 0.2) is 29.2 Å². The lowest BCUT2D eigenvalue weighted by Crippen LogP contribution is -2.11. The molecule has 1 atom stereocenters. The molecule has 0 heterocycles. The minimum absolute atomic E-state index is 0.891. The average molecular weight is 183 g/mol. The van der Waals surface area contributed by atoms with E-state index in [1.807, 2.05) is 43.3 Å². The van der Waals surface area contributed by atoms with Gasteiger partial charge in [0.15, 0.2) is 0 Å². The van der Waals surface area contributed by atoms with Crippen molar-refractivity contribution >= 4 is 16.5 Å². The maximum atomic E-state index is 11.3. The molecule has 3 heteroatoms. The zero-order valence-corrected chi connectivity index (χ0v) is 8.39.